The molecule has 24 heavy (non-hydrogen) atoms. The highest BCUT2D eigenvalue weighted by molar-refractivity contribution is 7.18. The van der Waals surface area contributed by atoms with Crippen molar-refractivity contribution < 1.29 is 4.79 Å². The number of thiophene rings is 1. The van der Waals surface area contributed by atoms with Crippen LogP contribution >= 0.6 is 34.3 Å². The predicted molar refractivity (Wildman–Crippen MR) is 101 cm³/mol. The molecule has 4 nitrogen and oxygen atoms in total. The van der Waals surface area contributed by atoms with Crippen LogP contribution in [0.1, 0.15) is 15.4 Å². The van der Waals surface area contributed by atoms with Crippen LogP contribution in [0, 0.1) is 6.92 Å². The maximum absolute atomic E-state index is 12.2. The molecule has 3 heterocycles. The van der Waals surface area contributed by atoms with E-state index in [1.165, 1.54) is 22.7 Å². The molecule has 120 valence electrons. The van der Waals surface area contributed by atoms with Crippen LogP contribution in [-0.4, -0.2) is 15.9 Å². The zero-order valence-electron chi connectivity index (χ0n) is 12.6. The molecule has 1 aromatic carbocycles. The van der Waals surface area contributed by atoms with Crippen LogP contribution in [0.3, 0.4) is 0 Å². The van der Waals surface area contributed by atoms with Crippen LogP contribution < -0.4 is 5.32 Å². The Morgan fingerprint density at radius 1 is 1.25 bits per heavy atom. The smallest absolute Gasteiger partial charge is 0.267 e. The number of thiazole rings is 1. The van der Waals surface area contributed by atoms with Gasteiger partial charge in [0.15, 0.2) is 5.13 Å². The topological polar surface area (TPSA) is 57.8 Å². The van der Waals surface area contributed by atoms with E-state index in [1.807, 2.05) is 30.5 Å². The molecule has 2 N–H and O–H groups in total. The van der Waals surface area contributed by atoms with Gasteiger partial charge in [-0.25, -0.2) is 4.98 Å². The van der Waals surface area contributed by atoms with Gasteiger partial charge in [-0.1, -0.05) is 29.8 Å². The van der Waals surface area contributed by atoms with Crippen molar-refractivity contribution in [1.82, 2.24) is 9.97 Å². The number of anilines is 1. The number of aromatic amines is 1. The summed E-state index contributed by atoms with van der Waals surface area (Å²) < 4.78 is 0.592. The lowest BCUT2D eigenvalue weighted by Gasteiger charge is -1.99. The standard InChI is InChI=1S/C17H12ClN3OS2/c1-9-15(10-4-2-3-5-11(10)19-9)12-8-23-17(20-12)21-16(22)13-6-7-14(18)24-13/h2-8,19H,1H3,(H,20,21,22). The lowest BCUT2D eigenvalue weighted by molar-refractivity contribution is 0.103. The number of rotatable bonds is 3. The highest BCUT2D eigenvalue weighted by Crippen LogP contribution is 2.34. The minimum Gasteiger partial charge on any atom is -0.358 e. The first kappa shape index (κ1) is 15.4. The van der Waals surface area contributed by atoms with Gasteiger partial charge in [0.25, 0.3) is 5.91 Å². The number of halogens is 1. The van der Waals surface area contributed by atoms with Gasteiger partial charge < -0.3 is 4.98 Å². The normalized spacial score (nSPS) is 11.1. The molecule has 3 aromatic heterocycles. The summed E-state index contributed by atoms with van der Waals surface area (Å²) in [6, 6.07) is 11.5. The fourth-order valence-corrected chi connectivity index (χ4v) is 4.28. The molecule has 0 aliphatic rings. The number of fused-ring (bicyclic) bond motifs is 1. The Morgan fingerprint density at radius 3 is 2.88 bits per heavy atom. The first-order valence-corrected chi connectivity index (χ1v) is 9.29. The number of hydrogen-bond acceptors (Lipinski definition) is 4. The lowest BCUT2D eigenvalue weighted by Crippen LogP contribution is -2.09. The Morgan fingerprint density at radius 2 is 2.08 bits per heavy atom. The van der Waals surface area contributed by atoms with E-state index in [1.54, 1.807) is 12.1 Å². The van der Waals surface area contributed by atoms with E-state index in [9.17, 15) is 4.79 Å². The number of carbonyl (C=O) groups is 1. The van der Waals surface area contributed by atoms with Crippen LogP contribution in [0.2, 0.25) is 4.34 Å². The number of para-hydroxylation sites is 1. The number of carbonyl (C=O) groups excluding carboxylic acids is 1. The van der Waals surface area contributed by atoms with Gasteiger partial charge in [0.2, 0.25) is 0 Å². The number of aromatic nitrogens is 2. The molecule has 1 amide bonds. The second-order valence-electron chi connectivity index (χ2n) is 5.27. The monoisotopic (exact) mass is 373 g/mol. The van der Waals surface area contributed by atoms with E-state index in [-0.39, 0.29) is 5.91 Å². The summed E-state index contributed by atoms with van der Waals surface area (Å²) in [7, 11) is 0. The molecule has 4 aromatic rings. The Labute approximate surface area is 151 Å². The molecule has 4 rings (SSSR count). The predicted octanol–water partition coefficient (Wildman–Crippen LogP) is 5.57. The average Bonchev–Trinajstić information content (AvgIpc) is 3.25. The second kappa shape index (κ2) is 6.05. The fourth-order valence-electron chi connectivity index (χ4n) is 2.65. The van der Waals surface area contributed by atoms with Gasteiger partial charge in [-0.15, -0.1) is 22.7 Å². The van der Waals surface area contributed by atoms with Crippen molar-refractivity contribution in [2.75, 3.05) is 5.32 Å². The van der Waals surface area contributed by atoms with Crippen molar-refractivity contribution in [3.8, 4) is 11.3 Å². The molecule has 0 radical (unpaired) electrons. The molecule has 0 unspecified atom stereocenters. The van der Waals surface area contributed by atoms with E-state index in [0.717, 1.165) is 27.9 Å². The molecule has 7 heteroatoms. The maximum atomic E-state index is 12.2. The summed E-state index contributed by atoms with van der Waals surface area (Å²) >= 11 is 8.53. The average molecular weight is 374 g/mol. The molecular weight excluding hydrogens is 362 g/mol. The minimum absolute atomic E-state index is 0.191. The van der Waals surface area contributed by atoms with E-state index < -0.39 is 0 Å². The largest absolute Gasteiger partial charge is 0.358 e. The van der Waals surface area contributed by atoms with Crippen LogP contribution in [0.25, 0.3) is 22.2 Å². The van der Waals surface area contributed by atoms with E-state index in [4.69, 9.17) is 11.6 Å². The Kier molecular flexibility index (Phi) is 3.88. The molecule has 0 saturated carbocycles. The SMILES string of the molecule is Cc1[nH]c2ccccc2c1-c1csc(NC(=O)c2ccc(Cl)s2)n1. The van der Waals surface area contributed by atoms with Crippen molar-refractivity contribution in [1.29, 1.82) is 0 Å². The third-order valence-electron chi connectivity index (χ3n) is 3.67. The van der Waals surface area contributed by atoms with Crippen LogP contribution in [0.4, 0.5) is 5.13 Å². The number of H-pyrrole nitrogens is 1. The molecule has 0 fully saturated rings. The van der Waals surface area contributed by atoms with E-state index in [0.29, 0.717) is 14.3 Å². The highest BCUT2D eigenvalue weighted by atomic mass is 35.5. The number of aryl methyl sites for hydroxylation is 1. The summed E-state index contributed by atoms with van der Waals surface area (Å²) in [5, 5.41) is 6.49. The number of nitrogens with one attached hydrogen (secondary N) is 2. The van der Waals surface area contributed by atoms with Crippen molar-refractivity contribution in [3.63, 3.8) is 0 Å². The molecule has 0 saturated heterocycles. The van der Waals surface area contributed by atoms with E-state index >= 15 is 0 Å². The fraction of sp³-hybridized carbons (Fsp3) is 0.0588. The van der Waals surface area contributed by atoms with Crippen molar-refractivity contribution in [2.24, 2.45) is 0 Å². The van der Waals surface area contributed by atoms with E-state index in [2.05, 4.69) is 21.4 Å². The van der Waals surface area contributed by atoms with Crippen molar-refractivity contribution in [3.05, 3.63) is 56.7 Å². The lowest BCUT2D eigenvalue weighted by atomic mass is 10.1. The molecule has 0 bridgehead atoms. The molecular formula is C17H12ClN3OS2. The number of nitrogens with zero attached hydrogens (tertiary/aromatic N) is 1. The van der Waals surface area contributed by atoms with Gasteiger partial charge in [0, 0.05) is 27.5 Å². The summed E-state index contributed by atoms with van der Waals surface area (Å²) in [5.41, 5.74) is 4.07. The van der Waals surface area contributed by atoms with Crippen molar-refractivity contribution >= 4 is 56.2 Å². The van der Waals surface area contributed by atoms with Gasteiger partial charge in [0.1, 0.15) is 0 Å². The Bertz CT molecular complexity index is 1050. The van der Waals surface area contributed by atoms with Gasteiger partial charge in [-0.05, 0) is 25.1 Å². The first-order chi connectivity index (χ1) is 11.6. The molecule has 0 aliphatic heterocycles. The van der Waals surface area contributed by atoms with Gasteiger partial charge in [0.05, 0.1) is 14.9 Å². The highest BCUT2D eigenvalue weighted by Gasteiger charge is 2.15. The summed E-state index contributed by atoms with van der Waals surface area (Å²) in [4.78, 5) is 20.7. The summed E-state index contributed by atoms with van der Waals surface area (Å²) in [6.07, 6.45) is 0. The minimum atomic E-state index is -0.191. The van der Waals surface area contributed by atoms with Crippen LogP contribution in [0.5, 0.6) is 0 Å². The maximum Gasteiger partial charge on any atom is 0.267 e. The zero-order valence-corrected chi connectivity index (χ0v) is 15.0. The van der Waals surface area contributed by atoms with Crippen LogP contribution in [0.15, 0.2) is 41.8 Å². The second-order valence-corrected chi connectivity index (χ2v) is 7.84. The third kappa shape index (κ3) is 2.73. The first-order valence-electron chi connectivity index (χ1n) is 7.22. The Balaban J connectivity index is 1.65. The number of hydrogen-bond donors (Lipinski definition) is 2. The summed E-state index contributed by atoms with van der Waals surface area (Å²) in [6.45, 7) is 2.03. The quantitative estimate of drug-likeness (QED) is 0.493. The van der Waals surface area contributed by atoms with Crippen LogP contribution in [-0.2, 0) is 0 Å². The zero-order chi connectivity index (χ0) is 16.7. The third-order valence-corrected chi connectivity index (χ3v) is 5.66. The molecule has 0 spiro atoms. The summed E-state index contributed by atoms with van der Waals surface area (Å²) in [5.74, 6) is -0.191. The molecule has 0 atom stereocenters. The van der Waals surface area contributed by atoms with Gasteiger partial charge in [-0.2, -0.15) is 0 Å². The number of benzene rings is 1. The Hall–Kier alpha value is -2.15. The van der Waals surface area contributed by atoms with Gasteiger partial charge >= 0.3 is 0 Å². The van der Waals surface area contributed by atoms with Gasteiger partial charge in [-0.3, -0.25) is 10.1 Å². The molecule has 0 aliphatic carbocycles. The van der Waals surface area contributed by atoms with Crippen molar-refractivity contribution in [2.45, 2.75) is 6.92 Å². The number of amides is 1.